The molecule has 2 unspecified atom stereocenters. The Balaban J connectivity index is 1.56. The van der Waals surface area contributed by atoms with Crippen LogP contribution < -0.4 is 5.32 Å². The molecule has 100 valence electrons. The monoisotopic (exact) mass is 276 g/mol. The van der Waals surface area contributed by atoms with Crippen molar-refractivity contribution < 1.29 is 9.90 Å². The van der Waals surface area contributed by atoms with Gasteiger partial charge in [-0.15, -0.1) is 0 Å². The van der Waals surface area contributed by atoms with E-state index in [1.807, 2.05) is 0 Å². The van der Waals surface area contributed by atoms with Gasteiger partial charge >= 0.3 is 0 Å². The smallest absolute Gasteiger partial charge is 0.229 e. The number of rotatable bonds is 3. The lowest BCUT2D eigenvalue weighted by Gasteiger charge is -2.02. The highest BCUT2D eigenvalue weighted by Gasteiger charge is 2.56. The van der Waals surface area contributed by atoms with Gasteiger partial charge in [0.05, 0.1) is 17.7 Å². The zero-order valence-corrected chi connectivity index (χ0v) is 11.4. The van der Waals surface area contributed by atoms with Gasteiger partial charge in [0.25, 0.3) is 0 Å². The van der Waals surface area contributed by atoms with Gasteiger partial charge < -0.3 is 10.4 Å². The van der Waals surface area contributed by atoms with Crippen molar-refractivity contribution in [3.63, 3.8) is 0 Å². The number of thiazole rings is 1. The Bertz CT molecular complexity index is 533. The molecule has 0 aliphatic heterocycles. The van der Waals surface area contributed by atoms with E-state index in [1.54, 1.807) is 6.20 Å². The number of carbonyl (C=O) groups excluding carboxylic acids is 1. The molecule has 1 amide bonds. The molecular formula is C14H16N2O2S. The third kappa shape index (κ3) is 2.65. The fraction of sp³-hybridized carbons (Fsp3) is 0.571. The van der Waals surface area contributed by atoms with E-state index in [9.17, 15) is 4.79 Å². The molecule has 1 heterocycles. The Hall–Kier alpha value is -1.38. The van der Waals surface area contributed by atoms with Gasteiger partial charge in [0.2, 0.25) is 5.91 Å². The molecule has 2 fully saturated rings. The van der Waals surface area contributed by atoms with Crippen molar-refractivity contribution in [1.82, 2.24) is 4.98 Å². The van der Waals surface area contributed by atoms with Crippen molar-refractivity contribution in [1.29, 1.82) is 0 Å². The maximum Gasteiger partial charge on any atom is 0.229 e. The topological polar surface area (TPSA) is 62.2 Å². The first kappa shape index (κ1) is 12.6. The summed E-state index contributed by atoms with van der Waals surface area (Å²) in [6.45, 7) is 0.0693. The molecule has 5 heteroatoms. The number of nitrogens with one attached hydrogen (secondary N) is 1. The molecular weight excluding hydrogens is 260 g/mol. The van der Waals surface area contributed by atoms with Gasteiger partial charge in [-0.1, -0.05) is 29.6 Å². The summed E-state index contributed by atoms with van der Waals surface area (Å²) in [7, 11) is 0. The Labute approximate surface area is 116 Å². The minimum absolute atomic E-state index is 0.0693. The first-order chi connectivity index (χ1) is 9.29. The maximum absolute atomic E-state index is 12.0. The zero-order chi connectivity index (χ0) is 13.2. The second-order valence-electron chi connectivity index (χ2n) is 5.08. The quantitative estimate of drug-likeness (QED) is 0.828. The van der Waals surface area contributed by atoms with E-state index in [-0.39, 0.29) is 18.4 Å². The summed E-state index contributed by atoms with van der Waals surface area (Å²) in [5.41, 5.74) is 0. The molecule has 3 rings (SSSR count). The average molecular weight is 276 g/mol. The van der Waals surface area contributed by atoms with Crippen LogP contribution in [0.25, 0.3) is 0 Å². The molecule has 2 saturated carbocycles. The van der Waals surface area contributed by atoms with Gasteiger partial charge in [0.15, 0.2) is 5.13 Å². The van der Waals surface area contributed by atoms with E-state index >= 15 is 0 Å². The van der Waals surface area contributed by atoms with E-state index < -0.39 is 0 Å². The van der Waals surface area contributed by atoms with Gasteiger partial charge in [0.1, 0.15) is 0 Å². The third-order valence-electron chi connectivity index (χ3n) is 3.89. The number of amides is 1. The second kappa shape index (κ2) is 5.32. The predicted molar refractivity (Wildman–Crippen MR) is 73.6 cm³/mol. The van der Waals surface area contributed by atoms with Crippen LogP contribution in [0, 0.1) is 29.6 Å². The Morgan fingerprint density at radius 1 is 1.53 bits per heavy atom. The maximum atomic E-state index is 12.0. The highest BCUT2D eigenvalue weighted by atomic mass is 32.1. The van der Waals surface area contributed by atoms with E-state index in [4.69, 9.17) is 5.11 Å². The molecule has 2 N–H and O–H groups in total. The molecule has 2 aliphatic carbocycles. The fourth-order valence-electron chi connectivity index (χ4n) is 2.99. The van der Waals surface area contributed by atoms with Crippen LogP contribution in [-0.2, 0) is 4.79 Å². The van der Waals surface area contributed by atoms with Gasteiger partial charge in [-0.05, 0) is 24.7 Å². The number of aromatic nitrogens is 1. The summed E-state index contributed by atoms with van der Waals surface area (Å²) < 4.78 is 0. The molecule has 0 saturated heterocycles. The van der Waals surface area contributed by atoms with E-state index in [0.717, 1.165) is 4.88 Å². The number of aliphatic hydroxyl groups is 1. The number of hydrogen-bond donors (Lipinski definition) is 2. The SMILES string of the molecule is O=C(Nc1ncc(C#CCCO)s1)C1C2CCCC21. The van der Waals surface area contributed by atoms with Crippen molar-refractivity contribution >= 4 is 22.4 Å². The lowest BCUT2D eigenvalue weighted by molar-refractivity contribution is -0.118. The normalized spacial score (nSPS) is 27.3. The predicted octanol–water partition coefficient (Wildman–Crippen LogP) is 1.86. The van der Waals surface area contributed by atoms with E-state index in [0.29, 0.717) is 23.4 Å². The van der Waals surface area contributed by atoms with E-state index in [1.165, 1.54) is 30.6 Å². The molecule has 0 bridgehead atoms. The summed E-state index contributed by atoms with van der Waals surface area (Å²) in [6.07, 6.45) is 5.82. The molecule has 4 nitrogen and oxygen atoms in total. The summed E-state index contributed by atoms with van der Waals surface area (Å²) in [6, 6.07) is 0. The van der Waals surface area contributed by atoms with Crippen LogP contribution in [0.5, 0.6) is 0 Å². The first-order valence-electron chi connectivity index (χ1n) is 6.66. The van der Waals surface area contributed by atoms with Crippen molar-refractivity contribution in [2.45, 2.75) is 25.7 Å². The molecule has 1 aromatic rings. The Morgan fingerprint density at radius 2 is 2.32 bits per heavy atom. The van der Waals surface area contributed by atoms with Crippen LogP contribution >= 0.6 is 11.3 Å². The molecule has 19 heavy (non-hydrogen) atoms. The standard InChI is InChI=1S/C14H16N2O2S/c17-7-2-1-4-9-8-15-14(19-9)16-13(18)12-10-5-3-6-11(10)12/h8,10-12,17H,2-3,5-7H2,(H,15,16,18). The summed E-state index contributed by atoms with van der Waals surface area (Å²) in [5, 5.41) is 12.2. The van der Waals surface area contributed by atoms with Crippen LogP contribution in [0.3, 0.4) is 0 Å². The molecule has 1 aromatic heterocycles. The first-order valence-corrected chi connectivity index (χ1v) is 7.47. The fourth-order valence-corrected chi connectivity index (χ4v) is 3.69. The number of hydrogen-bond acceptors (Lipinski definition) is 4. The highest BCUT2D eigenvalue weighted by Crippen LogP contribution is 2.57. The van der Waals surface area contributed by atoms with Gasteiger partial charge in [-0.25, -0.2) is 4.98 Å². The molecule has 2 aliphatic rings. The largest absolute Gasteiger partial charge is 0.395 e. The summed E-state index contributed by atoms with van der Waals surface area (Å²) >= 11 is 1.39. The van der Waals surface area contributed by atoms with Crippen LogP contribution in [0.4, 0.5) is 5.13 Å². The zero-order valence-electron chi connectivity index (χ0n) is 10.6. The minimum atomic E-state index is 0.0693. The van der Waals surface area contributed by atoms with Crippen LogP contribution in [0.2, 0.25) is 0 Å². The number of anilines is 1. The van der Waals surface area contributed by atoms with Gasteiger partial charge in [-0.3, -0.25) is 4.79 Å². The minimum Gasteiger partial charge on any atom is -0.395 e. The van der Waals surface area contributed by atoms with Gasteiger partial charge in [0, 0.05) is 12.3 Å². The Morgan fingerprint density at radius 3 is 3.05 bits per heavy atom. The van der Waals surface area contributed by atoms with Crippen molar-refractivity contribution in [3.05, 3.63) is 11.1 Å². The van der Waals surface area contributed by atoms with Crippen molar-refractivity contribution in [2.75, 3.05) is 11.9 Å². The lowest BCUT2D eigenvalue weighted by atomic mass is 10.1. The summed E-state index contributed by atoms with van der Waals surface area (Å²) in [5.74, 6) is 7.37. The van der Waals surface area contributed by atoms with Gasteiger partial charge in [-0.2, -0.15) is 0 Å². The molecule has 2 atom stereocenters. The number of aliphatic hydroxyl groups excluding tert-OH is 1. The number of carbonyl (C=O) groups is 1. The highest BCUT2D eigenvalue weighted by molar-refractivity contribution is 7.16. The van der Waals surface area contributed by atoms with Crippen molar-refractivity contribution in [2.24, 2.45) is 17.8 Å². The summed E-state index contributed by atoms with van der Waals surface area (Å²) in [4.78, 5) is 17.0. The van der Waals surface area contributed by atoms with Crippen LogP contribution in [-0.4, -0.2) is 22.6 Å². The van der Waals surface area contributed by atoms with Crippen molar-refractivity contribution in [3.8, 4) is 11.8 Å². The Kier molecular flexibility index (Phi) is 3.54. The average Bonchev–Trinajstić information content (AvgIpc) is 2.79. The van der Waals surface area contributed by atoms with Crippen LogP contribution in [0.1, 0.15) is 30.6 Å². The second-order valence-corrected chi connectivity index (χ2v) is 6.11. The molecule has 0 spiro atoms. The van der Waals surface area contributed by atoms with E-state index in [2.05, 4.69) is 22.1 Å². The lowest BCUT2D eigenvalue weighted by Crippen LogP contribution is -2.16. The number of fused-ring (bicyclic) bond motifs is 1. The number of nitrogens with zero attached hydrogens (tertiary/aromatic N) is 1. The molecule has 0 radical (unpaired) electrons. The third-order valence-corrected chi connectivity index (χ3v) is 4.72. The molecule has 0 aromatic carbocycles. The van der Waals surface area contributed by atoms with Crippen LogP contribution in [0.15, 0.2) is 6.20 Å².